The van der Waals surface area contributed by atoms with Crippen molar-refractivity contribution in [3.05, 3.63) is 23.5 Å². The molecule has 0 amide bonds. The maximum absolute atomic E-state index is 13.8. The molecule has 0 radical (unpaired) electrons. The lowest BCUT2D eigenvalue weighted by Gasteiger charge is -2.27. The fourth-order valence-corrected chi connectivity index (χ4v) is 2.36. The summed E-state index contributed by atoms with van der Waals surface area (Å²) in [5.41, 5.74) is 0.706. The van der Waals surface area contributed by atoms with Crippen molar-refractivity contribution in [1.29, 1.82) is 0 Å². The van der Waals surface area contributed by atoms with E-state index in [0.29, 0.717) is 23.5 Å². The van der Waals surface area contributed by atoms with Crippen LogP contribution in [0.3, 0.4) is 0 Å². The number of hydrogen-bond acceptors (Lipinski definition) is 4. The van der Waals surface area contributed by atoms with Crippen LogP contribution in [0.2, 0.25) is 0 Å². The molecule has 0 unspecified atom stereocenters. The second kappa shape index (κ2) is 5.12. The molecule has 0 saturated carbocycles. The summed E-state index contributed by atoms with van der Waals surface area (Å²) < 4.78 is 24.3. The molecule has 2 heterocycles. The Morgan fingerprint density at radius 1 is 1.17 bits per heavy atom. The predicted octanol–water partition coefficient (Wildman–Crippen LogP) is 1.00. The Bertz CT molecular complexity index is 433. The second-order valence-corrected chi connectivity index (χ2v) is 4.64. The Labute approximate surface area is 106 Å². The monoisotopic (exact) mass is 252 g/mol. The van der Waals surface area contributed by atoms with Crippen molar-refractivity contribution >= 4 is 0 Å². The van der Waals surface area contributed by atoms with Gasteiger partial charge < -0.3 is 19.7 Å². The molecule has 2 aliphatic rings. The van der Waals surface area contributed by atoms with Gasteiger partial charge in [-0.3, -0.25) is 0 Å². The van der Waals surface area contributed by atoms with Crippen LogP contribution in [0.4, 0.5) is 4.39 Å². The summed E-state index contributed by atoms with van der Waals surface area (Å²) in [6.07, 6.45) is 0.711. The molecule has 98 valence electrons. The van der Waals surface area contributed by atoms with Gasteiger partial charge in [0.25, 0.3) is 0 Å². The standard InChI is InChI=1S/C13H17FN2O2/c14-11-8-13-12(17-9-18-13)7-10(11)1-4-16-5-2-15-3-6-16/h7-8,15H,1-6,9H2. The molecule has 5 heteroatoms. The van der Waals surface area contributed by atoms with Gasteiger partial charge in [0, 0.05) is 38.8 Å². The minimum Gasteiger partial charge on any atom is -0.454 e. The summed E-state index contributed by atoms with van der Waals surface area (Å²) in [4.78, 5) is 2.35. The van der Waals surface area contributed by atoms with Crippen LogP contribution in [-0.4, -0.2) is 44.4 Å². The summed E-state index contributed by atoms with van der Waals surface area (Å²) in [6, 6.07) is 3.19. The minimum absolute atomic E-state index is 0.190. The first kappa shape index (κ1) is 11.7. The van der Waals surface area contributed by atoms with Gasteiger partial charge in [-0.15, -0.1) is 0 Å². The van der Waals surface area contributed by atoms with Crippen LogP contribution < -0.4 is 14.8 Å². The third-order valence-corrected chi connectivity index (χ3v) is 3.45. The van der Waals surface area contributed by atoms with Crippen molar-refractivity contribution in [2.45, 2.75) is 6.42 Å². The van der Waals surface area contributed by atoms with E-state index in [9.17, 15) is 4.39 Å². The summed E-state index contributed by atoms with van der Waals surface area (Å²) in [7, 11) is 0. The van der Waals surface area contributed by atoms with Crippen molar-refractivity contribution in [1.82, 2.24) is 10.2 Å². The molecule has 1 saturated heterocycles. The largest absolute Gasteiger partial charge is 0.454 e. The topological polar surface area (TPSA) is 33.7 Å². The van der Waals surface area contributed by atoms with E-state index in [1.54, 1.807) is 6.07 Å². The third-order valence-electron chi connectivity index (χ3n) is 3.45. The molecule has 18 heavy (non-hydrogen) atoms. The molecule has 0 atom stereocenters. The first-order chi connectivity index (χ1) is 8.83. The molecule has 0 aromatic heterocycles. The zero-order chi connectivity index (χ0) is 12.4. The molecule has 2 aliphatic heterocycles. The molecular formula is C13H17FN2O2. The number of rotatable bonds is 3. The smallest absolute Gasteiger partial charge is 0.231 e. The van der Waals surface area contributed by atoms with E-state index >= 15 is 0 Å². The lowest BCUT2D eigenvalue weighted by atomic mass is 10.1. The van der Waals surface area contributed by atoms with Crippen LogP contribution in [0.1, 0.15) is 5.56 Å². The zero-order valence-corrected chi connectivity index (χ0v) is 10.2. The predicted molar refractivity (Wildman–Crippen MR) is 65.5 cm³/mol. The normalized spacial score (nSPS) is 19.2. The Balaban J connectivity index is 1.65. The van der Waals surface area contributed by atoms with Gasteiger partial charge in [-0.25, -0.2) is 4.39 Å². The number of fused-ring (bicyclic) bond motifs is 1. The van der Waals surface area contributed by atoms with Crippen LogP contribution in [-0.2, 0) is 6.42 Å². The number of benzene rings is 1. The second-order valence-electron chi connectivity index (χ2n) is 4.64. The van der Waals surface area contributed by atoms with E-state index in [1.807, 2.05) is 0 Å². The maximum Gasteiger partial charge on any atom is 0.231 e. The number of piperazine rings is 1. The number of nitrogens with zero attached hydrogens (tertiary/aromatic N) is 1. The zero-order valence-electron chi connectivity index (χ0n) is 10.2. The lowest BCUT2D eigenvalue weighted by Crippen LogP contribution is -2.44. The Kier molecular flexibility index (Phi) is 3.34. The Hall–Kier alpha value is -1.33. The fourth-order valence-electron chi connectivity index (χ4n) is 2.36. The quantitative estimate of drug-likeness (QED) is 0.870. The number of halogens is 1. The van der Waals surface area contributed by atoms with E-state index in [0.717, 1.165) is 32.7 Å². The summed E-state index contributed by atoms with van der Waals surface area (Å²) >= 11 is 0. The highest BCUT2D eigenvalue weighted by Crippen LogP contribution is 2.34. The molecule has 1 fully saturated rings. The highest BCUT2D eigenvalue weighted by atomic mass is 19.1. The van der Waals surface area contributed by atoms with E-state index in [1.165, 1.54) is 6.07 Å². The maximum atomic E-state index is 13.8. The van der Waals surface area contributed by atoms with E-state index in [4.69, 9.17) is 9.47 Å². The van der Waals surface area contributed by atoms with Gasteiger partial charge in [0.1, 0.15) is 5.82 Å². The molecule has 0 bridgehead atoms. The number of nitrogens with one attached hydrogen (secondary N) is 1. The fraction of sp³-hybridized carbons (Fsp3) is 0.538. The molecule has 3 rings (SSSR count). The van der Waals surface area contributed by atoms with E-state index < -0.39 is 0 Å². The Morgan fingerprint density at radius 2 is 1.89 bits per heavy atom. The SMILES string of the molecule is Fc1cc2c(cc1CCN1CCNCC1)OCO2. The van der Waals surface area contributed by atoms with Crippen molar-refractivity contribution in [3.8, 4) is 11.5 Å². The van der Waals surface area contributed by atoms with Gasteiger partial charge in [0.15, 0.2) is 11.5 Å². The molecule has 0 spiro atoms. The first-order valence-electron chi connectivity index (χ1n) is 6.34. The van der Waals surface area contributed by atoms with Gasteiger partial charge in [0.05, 0.1) is 0 Å². The first-order valence-corrected chi connectivity index (χ1v) is 6.34. The molecule has 0 aliphatic carbocycles. The van der Waals surface area contributed by atoms with Gasteiger partial charge in [-0.2, -0.15) is 0 Å². The minimum atomic E-state index is -0.200. The lowest BCUT2D eigenvalue weighted by molar-refractivity contribution is 0.174. The molecule has 4 nitrogen and oxygen atoms in total. The summed E-state index contributed by atoms with van der Waals surface area (Å²) in [5.74, 6) is 0.972. The van der Waals surface area contributed by atoms with Gasteiger partial charge >= 0.3 is 0 Å². The van der Waals surface area contributed by atoms with Crippen LogP contribution in [0.25, 0.3) is 0 Å². The average molecular weight is 252 g/mol. The average Bonchev–Trinajstić information content (AvgIpc) is 2.84. The molecule has 1 N–H and O–H groups in total. The van der Waals surface area contributed by atoms with Crippen molar-refractivity contribution < 1.29 is 13.9 Å². The molecule has 1 aromatic rings. The Morgan fingerprint density at radius 3 is 2.67 bits per heavy atom. The van der Waals surface area contributed by atoms with Crippen LogP contribution in [0.5, 0.6) is 11.5 Å². The van der Waals surface area contributed by atoms with E-state index in [-0.39, 0.29) is 12.6 Å². The molecule has 1 aromatic carbocycles. The van der Waals surface area contributed by atoms with Gasteiger partial charge in [-0.1, -0.05) is 0 Å². The molecular weight excluding hydrogens is 235 g/mol. The van der Waals surface area contributed by atoms with Crippen LogP contribution in [0, 0.1) is 5.82 Å². The van der Waals surface area contributed by atoms with Gasteiger partial charge in [0.2, 0.25) is 6.79 Å². The third kappa shape index (κ3) is 2.42. The van der Waals surface area contributed by atoms with Crippen molar-refractivity contribution in [3.63, 3.8) is 0 Å². The van der Waals surface area contributed by atoms with Crippen molar-refractivity contribution in [2.24, 2.45) is 0 Å². The highest BCUT2D eigenvalue weighted by molar-refractivity contribution is 5.45. The summed E-state index contributed by atoms with van der Waals surface area (Å²) in [5, 5.41) is 3.31. The number of ether oxygens (including phenoxy) is 2. The number of hydrogen-bond donors (Lipinski definition) is 1. The van der Waals surface area contributed by atoms with E-state index in [2.05, 4.69) is 10.2 Å². The highest BCUT2D eigenvalue weighted by Gasteiger charge is 2.18. The summed E-state index contributed by atoms with van der Waals surface area (Å²) in [6.45, 7) is 5.18. The van der Waals surface area contributed by atoms with Crippen LogP contribution >= 0.6 is 0 Å². The van der Waals surface area contributed by atoms with Crippen LogP contribution in [0.15, 0.2) is 12.1 Å². The van der Waals surface area contributed by atoms with Gasteiger partial charge in [-0.05, 0) is 18.1 Å². The van der Waals surface area contributed by atoms with Crippen molar-refractivity contribution in [2.75, 3.05) is 39.5 Å².